The second kappa shape index (κ2) is 4.98. The Morgan fingerprint density at radius 1 is 1.29 bits per heavy atom. The highest BCUT2D eigenvalue weighted by Gasteiger charge is 2.08. The molecular formula is C11H17NO2. The van der Waals surface area contributed by atoms with Crippen molar-refractivity contribution in [2.24, 2.45) is 0 Å². The molecule has 0 amide bonds. The van der Waals surface area contributed by atoms with Crippen molar-refractivity contribution in [3.05, 3.63) is 29.3 Å². The fourth-order valence-corrected chi connectivity index (χ4v) is 1.49. The highest BCUT2D eigenvalue weighted by molar-refractivity contribution is 5.36. The summed E-state index contributed by atoms with van der Waals surface area (Å²) < 4.78 is 10.4. The molecule has 14 heavy (non-hydrogen) atoms. The van der Waals surface area contributed by atoms with E-state index in [-0.39, 0.29) is 6.23 Å². The van der Waals surface area contributed by atoms with Crippen LogP contribution in [0.4, 0.5) is 0 Å². The van der Waals surface area contributed by atoms with Gasteiger partial charge in [0, 0.05) is 7.11 Å². The van der Waals surface area contributed by atoms with E-state index in [9.17, 15) is 0 Å². The zero-order valence-electron chi connectivity index (χ0n) is 9.13. The summed E-state index contributed by atoms with van der Waals surface area (Å²) in [6.07, 6.45) is -0.0559. The molecule has 0 saturated carbocycles. The van der Waals surface area contributed by atoms with Crippen LogP contribution < -0.4 is 10.1 Å². The monoisotopic (exact) mass is 195 g/mol. The molecule has 0 aliphatic carbocycles. The number of aryl methyl sites for hydroxylation is 1. The van der Waals surface area contributed by atoms with E-state index in [1.807, 2.05) is 26.1 Å². The lowest BCUT2D eigenvalue weighted by atomic mass is 10.1. The Morgan fingerprint density at radius 2 is 2.00 bits per heavy atom. The summed E-state index contributed by atoms with van der Waals surface area (Å²) >= 11 is 0. The van der Waals surface area contributed by atoms with E-state index in [0.717, 1.165) is 16.9 Å². The summed E-state index contributed by atoms with van der Waals surface area (Å²) in [5.41, 5.74) is 2.22. The minimum Gasteiger partial charge on any atom is -0.496 e. The molecule has 1 unspecified atom stereocenters. The van der Waals surface area contributed by atoms with Crippen molar-refractivity contribution in [1.82, 2.24) is 5.32 Å². The molecule has 0 radical (unpaired) electrons. The van der Waals surface area contributed by atoms with Crippen LogP contribution in [0, 0.1) is 6.92 Å². The lowest BCUT2D eigenvalue weighted by molar-refractivity contribution is 0.0808. The smallest absolute Gasteiger partial charge is 0.133 e. The maximum atomic E-state index is 5.26. The Kier molecular flexibility index (Phi) is 3.92. The van der Waals surface area contributed by atoms with E-state index in [4.69, 9.17) is 9.47 Å². The molecule has 78 valence electrons. The van der Waals surface area contributed by atoms with Gasteiger partial charge in [0.25, 0.3) is 0 Å². The highest BCUT2D eigenvalue weighted by atomic mass is 16.5. The molecule has 0 aliphatic rings. The fraction of sp³-hybridized carbons (Fsp3) is 0.455. The number of rotatable bonds is 4. The van der Waals surface area contributed by atoms with Gasteiger partial charge in [0.2, 0.25) is 0 Å². The predicted molar refractivity (Wildman–Crippen MR) is 56.5 cm³/mol. The van der Waals surface area contributed by atoms with Gasteiger partial charge >= 0.3 is 0 Å². The van der Waals surface area contributed by atoms with Crippen molar-refractivity contribution >= 4 is 0 Å². The van der Waals surface area contributed by atoms with Gasteiger partial charge in [0.05, 0.1) is 7.11 Å². The van der Waals surface area contributed by atoms with Crippen LogP contribution in [0.3, 0.4) is 0 Å². The number of ether oxygens (including phenoxy) is 2. The largest absolute Gasteiger partial charge is 0.496 e. The van der Waals surface area contributed by atoms with E-state index in [1.54, 1.807) is 14.2 Å². The maximum Gasteiger partial charge on any atom is 0.133 e. The number of hydrogen-bond donors (Lipinski definition) is 1. The lowest BCUT2D eigenvalue weighted by Crippen LogP contribution is -2.18. The van der Waals surface area contributed by atoms with E-state index in [1.165, 1.54) is 0 Å². The molecule has 3 heteroatoms. The predicted octanol–water partition coefficient (Wildman–Crippen LogP) is 1.87. The first-order valence-corrected chi connectivity index (χ1v) is 4.57. The van der Waals surface area contributed by atoms with Gasteiger partial charge in [-0.05, 0) is 37.2 Å². The molecule has 1 atom stereocenters. The molecule has 1 rings (SSSR count). The van der Waals surface area contributed by atoms with Crippen LogP contribution in [0.15, 0.2) is 18.2 Å². The summed E-state index contributed by atoms with van der Waals surface area (Å²) in [7, 11) is 5.22. The van der Waals surface area contributed by atoms with Crippen LogP contribution in [0.1, 0.15) is 17.4 Å². The lowest BCUT2D eigenvalue weighted by Gasteiger charge is -2.16. The quantitative estimate of drug-likeness (QED) is 0.744. The molecule has 0 aromatic heterocycles. The van der Waals surface area contributed by atoms with Gasteiger partial charge in [-0.3, -0.25) is 5.32 Å². The van der Waals surface area contributed by atoms with Gasteiger partial charge in [-0.2, -0.15) is 0 Å². The molecular weight excluding hydrogens is 178 g/mol. The fourth-order valence-electron chi connectivity index (χ4n) is 1.49. The summed E-state index contributed by atoms with van der Waals surface area (Å²) in [6.45, 7) is 2.02. The van der Waals surface area contributed by atoms with Gasteiger partial charge < -0.3 is 9.47 Å². The SMILES string of the molecule is CNC(OC)c1ccc(OC)c(C)c1. The third-order valence-electron chi connectivity index (χ3n) is 2.22. The van der Waals surface area contributed by atoms with Gasteiger partial charge in [0.15, 0.2) is 0 Å². The molecule has 1 aromatic rings. The number of nitrogens with one attached hydrogen (secondary N) is 1. The first-order valence-electron chi connectivity index (χ1n) is 4.57. The van der Waals surface area contributed by atoms with Crippen LogP contribution in [0.5, 0.6) is 5.75 Å². The van der Waals surface area contributed by atoms with Crippen molar-refractivity contribution < 1.29 is 9.47 Å². The summed E-state index contributed by atoms with van der Waals surface area (Å²) in [6, 6.07) is 6.01. The molecule has 1 N–H and O–H groups in total. The molecule has 0 spiro atoms. The minimum absolute atomic E-state index is 0.0559. The zero-order chi connectivity index (χ0) is 10.6. The summed E-state index contributed by atoms with van der Waals surface area (Å²) in [4.78, 5) is 0. The topological polar surface area (TPSA) is 30.5 Å². The van der Waals surface area contributed by atoms with Crippen LogP contribution in [-0.4, -0.2) is 21.3 Å². The van der Waals surface area contributed by atoms with Crippen molar-refractivity contribution in [3.63, 3.8) is 0 Å². The normalized spacial score (nSPS) is 12.6. The van der Waals surface area contributed by atoms with Crippen LogP contribution in [0.2, 0.25) is 0 Å². The Bertz CT molecular complexity index is 295. The van der Waals surface area contributed by atoms with Gasteiger partial charge in [-0.15, -0.1) is 0 Å². The minimum atomic E-state index is -0.0559. The van der Waals surface area contributed by atoms with Crippen molar-refractivity contribution in [1.29, 1.82) is 0 Å². The Labute approximate surface area is 85.0 Å². The van der Waals surface area contributed by atoms with Crippen LogP contribution in [-0.2, 0) is 4.74 Å². The molecule has 0 heterocycles. The van der Waals surface area contributed by atoms with E-state index < -0.39 is 0 Å². The standard InChI is InChI=1S/C11H17NO2/c1-8-7-9(11(12-2)14-4)5-6-10(8)13-3/h5-7,11-12H,1-4H3. The molecule has 3 nitrogen and oxygen atoms in total. The number of hydrogen-bond acceptors (Lipinski definition) is 3. The average Bonchev–Trinajstić information content (AvgIpc) is 2.20. The number of benzene rings is 1. The molecule has 0 bridgehead atoms. The Hall–Kier alpha value is -1.06. The van der Waals surface area contributed by atoms with Crippen LogP contribution >= 0.6 is 0 Å². The van der Waals surface area contributed by atoms with Crippen molar-refractivity contribution in [2.45, 2.75) is 13.2 Å². The molecule has 1 aromatic carbocycles. The second-order valence-electron chi connectivity index (χ2n) is 3.13. The Morgan fingerprint density at radius 3 is 2.43 bits per heavy atom. The van der Waals surface area contributed by atoms with Gasteiger partial charge in [-0.1, -0.05) is 6.07 Å². The molecule has 0 saturated heterocycles. The molecule has 0 fully saturated rings. The second-order valence-corrected chi connectivity index (χ2v) is 3.13. The first kappa shape index (κ1) is 11.0. The Balaban J connectivity index is 2.95. The summed E-state index contributed by atoms with van der Waals surface area (Å²) in [5.74, 6) is 0.903. The molecule has 0 aliphatic heterocycles. The van der Waals surface area contributed by atoms with Gasteiger partial charge in [0.1, 0.15) is 12.0 Å². The van der Waals surface area contributed by atoms with E-state index in [2.05, 4.69) is 11.4 Å². The zero-order valence-corrected chi connectivity index (χ0v) is 9.13. The van der Waals surface area contributed by atoms with E-state index >= 15 is 0 Å². The average molecular weight is 195 g/mol. The number of methoxy groups -OCH3 is 2. The summed E-state index contributed by atoms with van der Waals surface area (Å²) in [5, 5.41) is 3.07. The van der Waals surface area contributed by atoms with E-state index in [0.29, 0.717) is 0 Å². The first-order chi connectivity index (χ1) is 6.72. The third-order valence-corrected chi connectivity index (χ3v) is 2.22. The van der Waals surface area contributed by atoms with Crippen LogP contribution in [0.25, 0.3) is 0 Å². The third kappa shape index (κ3) is 2.25. The van der Waals surface area contributed by atoms with Crippen molar-refractivity contribution in [2.75, 3.05) is 21.3 Å². The highest BCUT2D eigenvalue weighted by Crippen LogP contribution is 2.22. The van der Waals surface area contributed by atoms with Gasteiger partial charge in [-0.25, -0.2) is 0 Å². The maximum absolute atomic E-state index is 5.26. The van der Waals surface area contributed by atoms with Crippen molar-refractivity contribution in [3.8, 4) is 5.75 Å².